The maximum Gasteiger partial charge on any atom is 0.140 e. The van der Waals surface area contributed by atoms with Gasteiger partial charge in [-0.2, -0.15) is 0 Å². The largest absolute Gasteiger partial charge is 0.328 e. The standard InChI is InChI=1S/C25H30FN3/c1-4-19-5-7-20(8-6-19)17-29-16-12-23-22(9-13-27-24(23)29)21-10-14-28(15-11-21)18-25(2,3)26/h4-9,12-13,16,21H,1,10-11,14-15,17-18H2,2-3H3. The monoisotopic (exact) mass is 391 g/mol. The Kier molecular flexibility index (Phi) is 5.55. The summed E-state index contributed by atoms with van der Waals surface area (Å²) in [5.41, 5.74) is 3.69. The Morgan fingerprint density at radius 2 is 1.86 bits per heavy atom. The van der Waals surface area contributed by atoms with Crippen molar-refractivity contribution in [2.45, 2.75) is 44.8 Å². The second-order valence-corrected chi connectivity index (χ2v) is 8.80. The molecule has 0 spiro atoms. The van der Waals surface area contributed by atoms with Crippen molar-refractivity contribution < 1.29 is 4.39 Å². The highest BCUT2D eigenvalue weighted by atomic mass is 19.1. The fourth-order valence-corrected chi connectivity index (χ4v) is 4.48. The molecule has 1 aliphatic rings. The molecule has 4 rings (SSSR count). The van der Waals surface area contributed by atoms with E-state index in [0.29, 0.717) is 12.5 Å². The number of aromatic nitrogens is 2. The fourth-order valence-electron chi connectivity index (χ4n) is 4.48. The smallest absolute Gasteiger partial charge is 0.140 e. The van der Waals surface area contributed by atoms with Gasteiger partial charge >= 0.3 is 0 Å². The van der Waals surface area contributed by atoms with Crippen LogP contribution in [0.1, 0.15) is 49.3 Å². The highest BCUT2D eigenvalue weighted by molar-refractivity contribution is 5.80. The summed E-state index contributed by atoms with van der Waals surface area (Å²) >= 11 is 0. The normalized spacial score (nSPS) is 16.4. The molecule has 3 aromatic rings. The van der Waals surface area contributed by atoms with Crippen LogP contribution in [0, 0.1) is 0 Å². The van der Waals surface area contributed by atoms with Gasteiger partial charge in [0, 0.05) is 30.9 Å². The number of nitrogens with zero attached hydrogens (tertiary/aromatic N) is 3. The molecule has 0 N–H and O–H groups in total. The van der Waals surface area contributed by atoms with Gasteiger partial charge in [0.05, 0.1) is 0 Å². The third-order valence-electron chi connectivity index (χ3n) is 5.89. The van der Waals surface area contributed by atoms with Crippen LogP contribution < -0.4 is 0 Å². The van der Waals surface area contributed by atoms with Crippen LogP contribution in [-0.4, -0.2) is 39.8 Å². The summed E-state index contributed by atoms with van der Waals surface area (Å²) in [5.74, 6) is 0.516. The first-order valence-corrected chi connectivity index (χ1v) is 10.5. The first-order valence-electron chi connectivity index (χ1n) is 10.5. The number of halogens is 1. The van der Waals surface area contributed by atoms with E-state index < -0.39 is 5.67 Å². The SMILES string of the molecule is C=Cc1ccc(Cn2ccc3c(C4CCN(CC(C)(C)F)CC4)ccnc32)cc1. The zero-order chi connectivity index (χ0) is 20.4. The summed E-state index contributed by atoms with van der Waals surface area (Å²) in [5, 5.41) is 1.25. The molecular weight excluding hydrogens is 361 g/mol. The van der Waals surface area contributed by atoms with Crippen molar-refractivity contribution in [1.29, 1.82) is 0 Å². The van der Waals surface area contributed by atoms with Gasteiger partial charge in [-0.3, -0.25) is 0 Å². The Balaban J connectivity index is 1.51. The number of hydrogen-bond donors (Lipinski definition) is 0. The fraction of sp³-hybridized carbons (Fsp3) is 0.400. The molecule has 1 saturated heterocycles. The van der Waals surface area contributed by atoms with Crippen molar-refractivity contribution >= 4 is 17.1 Å². The second kappa shape index (κ2) is 8.11. The lowest BCUT2D eigenvalue weighted by Gasteiger charge is -2.34. The average molecular weight is 392 g/mol. The molecule has 0 bridgehead atoms. The molecule has 0 radical (unpaired) electrons. The number of likely N-dealkylation sites (tertiary alicyclic amines) is 1. The van der Waals surface area contributed by atoms with Crippen LogP contribution in [0.4, 0.5) is 4.39 Å². The number of fused-ring (bicyclic) bond motifs is 1. The summed E-state index contributed by atoms with van der Waals surface area (Å²) in [6, 6.07) is 12.9. The quantitative estimate of drug-likeness (QED) is 0.541. The molecule has 152 valence electrons. The Morgan fingerprint density at radius 1 is 1.14 bits per heavy atom. The number of piperidine rings is 1. The Bertz CT molecular complexity index is 973. The van der Waals surface area contributed by atoms with Crippen LogP contribution in [0.2, 0.25) is 0 Å². The second-order valence-electron chi connectivity index (χ2n) is 8.80. The number of pyridine rings is 1. The molecule has 3 heterocycles. The topological polar surface area (TPSA) is 21.1 Å². The van der Waals surface area contributed by atoms with Gasteiger partial charge < -0.3 is 9.47 Å². The molecule has 0 saturated carbocycles. The van der Waals surface area contributed by atoms with Gasteiger partial charge in [-0.05, 0) is 74.5 Å². The summed E-state index contributed by atoms with van der Waals surface area (Å²) in [4.78, 5) is 6.93. The van der Waals surface area contributed by atoms with Gasteiger partial charge in [-0.15, -0.1) is 0 Å². The minimum atomic E-state index is -1.13. The third-order valence-corrected chi connectivity index (χ3v) is 5.89. The van der Waals surface area contributed by atoms with Gasteiger partial charge in [0.25, 0.3) is 0 Å². The Labute approximate surface area is 172 Å². The van der Waals surface area contributed by atoms with Crippen molar-refractivity contribution in [1.82, 2.24) is 14.5 Å². The third kappa shape index (κ3) is 4.59. The molecule has 0 atom stereocenters. The highest BCUT2D eigenvalue weighted by Crippen LogP contribution is 2.33. The lowest BCUT2D eigenvalue weighted by Crippen LogP contribution is -2.40. The molecule has 3 nitrogen and oxygen atoms in total. The van der Waals surface area contributed by atoms with Gasteiger partial charge in [-0.25, -0.2) is 9.37 Å². The van der Waals surface area contributed by atoms with E-state index in [1.807, 2.05) is 12.3 Å². The first-order chi connectivity index (χ1) is 13.9. The zero-order valence-corrected chi connectivity index (χ0v) is 17.4. The van der Waals surface area contributed by atoms with Gasteiger partial charge in [0.15, 0.2) is 0 Å². The molecule has 2 aromatic heterocycles. The maximum atomic E-state index is 14.0. The molecule has 0 amide bonds. The van der Waals surface area contributed by atoms with E-state index in [4.69, 9.17) is 0 Å². The van der Waals surface area contributed by atoms with Crippen molar-refractivity contribution in [3.05, 3.63) is 72.1 Å². The van der Waals surface area contributed by atoms with E-state index in [-0.39, 0.29) is 0 Å². The van der Waals surface area contributed by atoms with Crippen LogP contribution in [0.25, 0.3) is 17.1 Å². The number of benzene rings is 1. The Morgan fingerprint density at radius 3 is 2.52 bits per heavy atom. The van der Waals surface area contributed by atoms with Crippen LogP contribution in [0.15, 0.2) is 55.4 Å². The predicted octanol–water partition coefficient (Wildman–Crippen LogP) is 5.66. The molecule has 4 heteroatoms. The number of rotatable bonds is 6. The minimum Gasteiger partial charge on any atom is -0.328 e. The molecule has 0 unspecified atom stereocenters. The van der Waals surface area contributed by atoms with E-state index in [1.165, 1.54) is 16.5 Å². The van der Waals surface area contributed by atoms with Crippen LogP contribution in [0.3, 0.4) is 0 Å². The van der Waals surface area contributed by atoms with Crippen LogP contribution in [-0.2, 0) is 6.54 Å². The maximum absolute atomic E-state index is 14.0. The number of alkyl halides is 1. The van der Waals surface area contributed by atoms with Crippen molar-refractivity contribution in [2.75, 3.05) is 19.6 Å². The van der Waals surface area contributed by atoms with E-state index in [2.05, 4.69) is 63.6 Å². The van der Waals surface area contributed by atoms with Crippen molar-refractivity contribution in [3.63, 3.8) is 0 Å². The summed E-state index contributed by atoms with van der Waals surface area (Å²) in [7, 11) is 0. The average Bonchev–Trinajstić information content (AvgIpc) is 3.11. The van der Waals surface area contributed by atoms with Crippen LogP contribution in [0.5, 0.6) is 0 Å². The van der Waals surface area contributed by atoms with Gasteiger partial charge in [0.2, 0.25) is 0 Å². The predicted molar refractivity (Wildman–Crippen MR) is 119 cm³/mol. The molecule has 1 aromatic carbocycles. The summed E-state index contributed by atoms with van der Waals surface area (Å²) in [6.07, 6.45) is 8.09. The Hall–Kier alpha value is -2.46. The van der Waals surface area contributed by atoms with Gasteiger partial charge in [-0.1, -0.05) is 36.9 Å². The van der Waals surface area contributed by atoms with E-state index >= 15 is 0 Å². The zero-order valence-electron chi connectivity index (χ0n) is 17.4. The van der Waals surface area contributed by atoms with Crippen LogP contribution >= 0.6 is 0 Å². The molecular formula is C25H30FN3. The van der Waals surface area contributed by atoms with E-state index in [0.717, 1.165) is 43.7 Å². The van der Waals surface area contributed by atoms with Gasteiger partial charge in [0.1, 0.15) is 11.3 Å². The van der Waals surface area contributed by atoms with Crippen molar-refractivity contribution in [3.8, 4) is 0 Å². The summed E-state index contributed by atoms with van der Waals surface area (Å²) in [6.45, 7) is 10.4. The van der Waals surface area contributed by atoms with Crippen molar-refractivity contribution in [2.24, 2.45) is 0 Å². The molecule has 29 heavy (non-hydrogen) atoms. The van der Waals surface area contributed by atoms with E-state index in [1.54, 1.807) is 13.8 Å². The first kappa shape index (κ1) is 19.8. The molecule has 0 aliphatic carbocycles. The lowest BCUT2D eigenvalue weighted by molar-refractivity contribution is 0.106. The lowest BCUT2D eigenvalue weighted by atomic mass is 9.88. The summed E-state index contributed by atoms with van der Waals surface area (Å²) < 4.78 is 16.2. The molecule has 1 aliphatic heterocycles. The number of hydrogen-bond acceptors (Lipinski definition) is 2. The van der Waals surface area contributed by atoms with E-state index in [9.17, 15) is 4.39 Å². The highest BCUT2D eigenvalue weighted by Gasteiger charge is 2.27. The molecule has 1 fully saturated rings. The minimum absolute atomic E-state index is 0.516.